The van der Waals surface area contributed by atoms with E-state index in [2.05, 4.69) is 0 Å². The van der Waals surface area contributed by atoms with Gasteiger partial charge in [-0.1, -0.05) is 6.07 Å². The molecule has 0 bridgehead atoms. The quantitative estimate of drug-likeness (QED) is 0.566. The van der Waals surface area contributed by atoms with E-state index in [1.54, 1.807) is 18.2 Å². The topological polar surface area (TPSA) is 61.6 Å². The second-order valence-electron chi connectivity index (χ2n) is 3.36. The summed E-state index contributed by atoms with van der Waals surface area (Å²) in [6.45, 7) is 1.24. The van der Waals surface area contributed by atoms with Gasteiger partial charge in [0.2, 0.25) is 6.20 Å². The molecule has 0 unspecified atom stereocenters. The minimum absolute atomic E-state index is 0.497. The SMILES string of the molecule is O=[N+]([O-])C=Cc1ccc2c(c1)OCCCO2. The maximum Gasteiger partial charge on any atom is 0.235 e. The van der Waals surface area contributed by atoms with E-state index in [-0.39, 0.29) is 0 Å². The molecule has 1 heterocycles. The first kappa shape index (κ1) is 10.5. The van der Waals surface area contributed by atoms with Crippen LogP contribution in [0.25, 0.3) is 6.08 Å². The van der Waals surface area contributed by atoms with E-state index in [0.717, 1.165) is 18.2 Å². The molecule has 0 aromatic heterocycles. The summed E-state index contributed by atoms with van der Waals surface area (Å²) in [6.07, 6.45) is 3.17. The molecule has 1 aromatic rings. The second kappa shape index (κ2) is 4.65. The highest BCUT2D eigenvalue weighted by atomic mass is 16.6. The molecule has 84 valence electrons. The van der Waals surface area contributed by atoms with Crippen molar-refractivity contribution in [1.82, 2.24) is 0 Å². The summed E-state index contributed by atoms with van der Waals surface area (Å²) in [5.74, 6) is 1.33. The third-order valence-corrected chi connectivity index (χ3v) is 2.16. The minimum Gasteiger partial charge on any atom is -0.490 e. The van der Waals surface area contributed by atoms with Crippen molar-refractivity contribution in [3.05, 3.63) is 40.1 Å². The Hall–Kier alpha value is -2.04. The van der Waals surface area contributed by atoms with Gasteiger partial charge in [-0.2, -0.15) is 0 Å². The third kappa shape index (κ3) is 2.50. The lowest BCUT2D eigenvalue weighted by molar-refractivity contribution is -0.400. The van der Waals surface area contributed by atoms with Crippen LogP contribution in [0.1, 0.15) is 12.0 Å². The number of nitro groups is 1. The van der Waals surface area contributed by atoms with Crippen LogP contribution in [0.3, 0.4) is 0 Å². The van der Waals surface area contributed by atoms with Crippen molar-refractivity contribution < 1.29 is 14.4 Å². The van der Waals surface area contributed by atoms with Gasteiger partial charge in [0.1, 0.15) is 0 Å². The third-order valence-electron chi connectivity index (χ3n) is 2.16. The predicted molar refractivity (Wildman–Crippen MR) is 58.1 cm³/mol. The normalized spacial score (nSPS) is 14.8. The molecule has 0 N–H and O–H groups in total. The molecule has 1 aromatic carbocycles. The van der Waals surface area contributed by atoms with E-state index >= 15 is 0 Å². The highest BCUT2D eigenvalue weighted by Crippen LogP contribution is 2.30. The van der Waals surface area contributed by atoms with Crippen LogP contribution in [-0.4, -0.2) is 18.1 Å². The van der Waals surface area contributed by atoms with E-state index in [0.29, 0.717) is 24.7 Å². The Labute approximate surface area is 92.4 Å². The number of benzene rings is 1. The zero-order valence-electron chi connectivity index (χ0n) is 8.59. The molecule has 0 saturated heterocycles. The van der Waals surface area contributed by atoms with Crippen LogP contribution in [0.4, 0.5) is 0 Å². The van der Waals surface area contributed by atoms with Crippen molar-refractivity contribution in [2.75, 3.05) is 13.2 Å². The Morgan fingerprint density at radius 3 is 2.75 bits per heavy atom. The van der Waals surface area contributed by atoms with Gasteiger partial charge in [0.15, 0.2) is 11.5 Å². The Kier molecular flexibility index (Phi) is 3.05. The summed E-state index contributed by atoms with van der Waals surface area (Å²) in [7, 11) is 0. The maximum atomic E-state index is 10.2. The maximum absolute atomic E-state index is 10.2. The molecule has 5 heteroatoms. The van der Waals surface area contributed by atoms with E-state index in [9.17, 15) is 10.1 Å². The van der Waals surface area contributed by atoms with E-state index in [4.69, 9.17) is 9.47 Å². The summed E-state index contributed by atoms with van der Waals surface area (Å²) >= 11 is 0. The highest BCUT2D eigenvalue weighted by molar-refractivity contribution is 5.55. The smallest absolute Gasteiger partial charge is 0.235 e. The van der Waals surface area contributed by atoms with Gasteiger partial charge >= 0.3 is 0 Å². The van der Waals surface area contributed by atoms with Gasteiger partial charge in [0.05, 0.1) is 18.1 Å². The zero-order chi connectivity index (χ0) is 11.4. The van der Waals surface area contributed by atoms with Gasteiger partial charge in [-0.25, -0.2) is 0 Å². The van der Waals surface area contributed by atoms with E-state index < -0.39 is 4.92 Å². The molecule has 1 aliphatic rings. The van der Waals surface area contributed by atoms with Crippen molar-refractivity contribution >= 4 is 6.08 Å². The lowest BCUT2D eigenvalue weighted by atomic mass is 10.2. The average molecular weight is 221 g/mol. The summed E-state index contributed by atoms with van der Waals surface area (Å²) < 4.78 is 10.9. The first-order chi connectivity index (χ1) is 7.75. The standard InChI is InChI=1S/C11H11NO4/c13-12(14)5-4-9-2-3-10-11(8-9)16-7-1-6-15-10/h2-5,8H,1,6-7H2. The van der Waals surface area contributed by atoms with Crippen molar-refractivity contribution in [2.45, 2.75) is 6.42 Å². The Morgan fingerprint density at radius 2 is 2.00 bits per heavy atom. The van der Waals surface area contributed by atoms with Crippen LogP contribution >= 0.6 is 0 Å². The average Bonchev–Trinajstić information content (AvgIpc) is 2.50. The minimum atomic E-state index is -0.497. The summed E-state index contributed by atoms with van der Waals surface area (Å²) in [4.78, 5) is 9.68. The number of nitrogens with zero attached hydrogens (tertiary/aromatic N) is 1. The fourth-order valence-electron chi connectivity index (χ4n) is 1.43. The molecule has 0 fully saturated rings. The fraction of sp³-hybridized carbons (Fsp3) is 0.273. The lowest BCUT2D eigenvalue weighted by Crippen LogP contribution is -1.97. The van der Waals surface area contributed by atoms with Gasteiger partial charge in [-0.15, -0.1) is 0 Å². The van der Waals surface area contributed by atoms with Crippen LogP contribution in [0.15, 0.2) is 24.4 Å². The summed E-state index contributed by atoms with van der Waals surface area (Å²) in [6, 6.07) is 5.26. The van der Waals surface area contributed by atoms with E-state index in [1.807, 2.05) is 0 Å². The second-order valence-corrected chi connectivity index (χ2v) is 3.36. The van der Waals surface area contributed by atoms with Crippen molar-refractivity contribution in [1.29, 1.82) is 0 Å². The first-order valence-electron chi connectivity index (χ1n) is 4.97. The largest absolute Gasteiger partial charge is 0.490 e. The fourth-order valence-corrected chi connectivity index (χ4v) is 1.43. The van der Waals surface area contributed by atoms with E-state index in [1.165, 1.54) is 6.08 Å². The molecule has 5 nitrogen and oxygen atoms in total. The Morgan fingerprint density at radius 1 is 1.25 bits per heavy atom. The van der Waals surface area contributed by atoms with Gasteiger partial charge in [-0.05, 0) is 17.7 Å². The number of hydrogen-bond donors (Lipinski definition) is 0. The molecular formula is C11H11NO4. The molecular weight excluding hydrogens is 210 g/mol. The number of fused-ring (bicyclic) bond motifs is 1. The predicted octanol–water partition coefficient (Wildman–Crippen LogP) is 2.10. The number of ether oxygens (including phenoxy) is 2. The van der Waals surface area contributed by atoms with Crippen molar-refractivity contribution in [3.8, 4) is 11.5 Å². The summed E-state index contributed by atoms with van der Waals surface area (Å²) in [5, 5.41) is 10.2. The van der Waals surface area contributed by atoms with Crippen LogP contribution in [-0.2, 0) is 0 Å². The Balaban J connectivity index is 2.24. The van der Waals surface area contributed by atoms with Crippen molar-refractivity contribution in [3.63, 3.8) is 0 Å². The van der Waals surface area contributed by atoms with Crippen LogP contribution < -0.4 is 9.47 Å². The molecule has 0 radical (unpaired) electrons. The monoisotopic (exact) mass is 221 g/mol. The molecule has 0 saturated carbocycles. The van der Waals surface area contributed by atoms with Crippen LogP contribution in [0, 0.1) is 10.1 Å². The number of hydrogen-bond acceptors (Lipinski definition) is 4. The summed E-state index contributed by atoms with van der Waals surface area (Å²) in [5.41, 5.74) is 0.723. The van der Waals surface area contributed by atoms with Gasteiger partial charge in [0, 0.05) is 12.5 Å². The van der Waals surface area contributed by atoms with Crippen LogP contribution in [0.2, 0.25) is 0 Å². The number of rotatable bonds is 2. The lowest BCUT2D eigenvalue weighted by Gasteiger charge is -2.06. The molecule has 0 amide bonds. The zero-order valence-corrected chi connectivity index (χ0v) is 8.59. The molecule has 1 aliphatic heterocycles. The highest BCUT2D eigenvalue weighted by Gasteiger charge is 2.09. The molecule has 0 aliphatic carbocycles. The molecule has 16 heavy (non-hydrogen) atoms. The van der Waals surface area contributed by atoms with Gasteiger partial charge in [0.25, 0.3) is 0 Å². The van der Waals surface area contributed by atoms with Gasteiger partial charge < -0.3 is 9.47 Å². The Bertz CT molecular complexity index is 428. The molecule has 2 rings (SSSR count). The van der Waals surface area contributed by atoms with Gasteiger partial charge in [-0.3, -0.25) is 10.1 Å². The molecule has 0 spiro atoms. The van der Waals surface area contributed by atoms with Crippen LogP contribution in [0.5, 0.6) is 11.5 Å². The van der Waals surface area contributed by atoms with Crippen molar-refractivity contribution in [2.24, 2.45) is 0 Å². The first-order valence-corrected chi connectivity index (χ1v) is 4.97. The molecule has 0 atom stereocenters.